The zero-order chi connectivity index (χ0) is 13.9. The molecule has 0 amide bonds. The Morgan fingerprint density at radius 3 is 2.75 bits per heavy atom. The van der Waals surface area contributed by atoms with Gasteiger partial charge in [-0.15, -0.1) is 0 Å². The number of rotatable bonds is 4. The molecule has 3 rings (SSSR count). The minimum atomic E-state index is 0.0907. The van der Waals surface area contributed by atoms with Crippen LogP contribution >= 0.6 is 0 Å². The Morgan fingerprint density at radius 2 is 2.00 bits per heavy atom. The number of nitrogens with one attached hydrogen (secondary N) is 1. The van der Waals surface area contributed by atoms with Gasteiger partial charge in [0.05, 0.1) is 29.7 Å². The van der Waals surface area contributed by atoms with Crippen LogP contribution in [0.5, 0.6) is 0 Å². The van der Waals surface area contributed by atoms with Crippen molar-refractivity contribution in [2.75, 3.05) is 7.05 Å². The van der Waals surface area contributed by atoms with Crippen LogP contribution in [-0.2, 0) is 0 Å². The first kappa shape index (κ1) is 12.6. The summed E-state index contributed by atoms with van der Waals surface area (Å²) >= 11 is 0. The van der Waals surface area contributed by atoms with E-state index in [9.17, 15) is 0 Å². The lowest BCUT2D eigenvalue weighted by Crippen LogP contribution is -2.12. The van der Waals surface area contributed by atoms with Gasteiger partial charge in [-0.3, -0.25) is 0 Å². The van der Waals surface area contributed by atoms with Crippen molar-refractivity contribution in [3.05, 3.63) is 54.8 Å². The van der Waals surface area contributed by atoms with Crippen LogP contribution in [0.1, 0.15) is 18.9 Å². The number of hydrogen-bond acceptors (Lipinski definition) is 4. The summed E-state index contributed by atoms with van der Waals surface area (Å²) in [7, 11) is 1.88. The summed E-state index contributed by atoms with van der Waals surface area (Å²) in [6.45, 7) is 2.00. The molecule has 1 N–H and O–H groups in total. The summed E-state index contributed by atoms with van der Waals surface area (Å²) in [6, 6.07) is 10.1. The molecule has 1 unspecified atom stereocenters. The second kappa shape index (κ2) is 5.30. The van der Waals surface area contributed by atoms with Gasteiger partial charge >= 0.3 is 0 Å². The highest BCUT2D eigenvalue weighted by Crippen LogP contribution is 2.23. The summed E-state index contributed by atoms with van der Waals surface area (Å²) in [6.07, 6.45) is 5.44. The maximum absolute atomic E-state index is 5.74. The molecule has 0 aliphatic rings. The smallest absolute Gasteiger partial charge is 0.211 e. The van der Waals surface area contributed by atoms with Crippen molar-refractivity contribution in [1.82, 2.24) is 20.1 Å². The Labute approximate surface area is 117 Å². The quantitative estimate of drug-likeness (QED) is 0.790. The minimum Gasteiger partial charge on any atom is -0.439 e. The highest BCUT2D eigenvalue weighted by Gasteiger charge is 2.12. The molecule has 0 bridgehead atoms. The normalized spacial score (nSPS) is 12.5. The van der Waals surface area contributed by atoms with Crippen molar-refractivity contribution in [2.45, 2.75) is 13.0 Å². The van der Waals surface area contributed by atoms with Crippen LogP contribution < -0.4 is 5.32 Å². The highest BCUT2D eigenvalue weighted by atomic mass is 16.4. The van der Waals surface area contributed by atoms with Crippen molar-refractivity contribution in [1.29, 1.82) is 0 Å². The minimum absolute atomic E-state index is 0.0907. The highest BCUT2D eigenvalue weighted by molar-refractivity contribution is 5.54. The van der Waals surface area contributed by atoms with Crippen molar-refractivity contribution in [2.24, 2.45) is 0 Å². The van der Waals surface area contributed by atoms with E-state index in [-0.39, 0.29) is 6.04 Å². The van der Waals surface area contributed by atoms with Crippen LogP contribution in [0.4, 0.5) is 0 Å². The summed E-state index contributed by atoms with van der Waals surface area (Å²) < 4.78 is 7.56. The average molecular weight is 268 g/mol. The molecule has 0 spiro atoms. The van der Waals surface area contributed by atoms with Crippen molar-refractivity contribution >= 4 is 0 Å². The van der Waals surface area contributed by atoms with E-state index in [2.05, 4.69) is 15.4 Å². The molecule has 20 heavy (non-hydrogen) atoms. The number of oxazole rings is 1. The Bertz CT molecular complexity index is 687. The van der Waals surface area contributed by atoms with Gasteiger partial charge in [0.15, 0.2) is 5.76 Å². The van der Waals surface area contributed by atoms with E-state index in [0.717, 1.165) is 17.0 Å². The molecule has 1 atom stereocenters. The van der Waals surface area contributed by atoms with Crippen molar-refractivity contribution in [3.8, 4) is 17.0 Å². The largest absolute Gasteiger partial charge is 0.439 e. The first-order valence-electron chi connectivity index (χ1n) is 6.51. The predicted octanol–water partition coefficient (Wildman–Crippen LogP) is 2.81. The van der Waals surface area contributed by atoms with E-state index >= 15 is 0 Å². The average Bonchev–Trinajstić information content (AvgIpc) is 3.16. The summed E-state index contributed by atoms with van der Waals surface area (Å²) in [4.78, 5) is 4.28. The molecule has 2 aromatic heterocycles. The van der Waals surface area contributed by atoms with Crippen molar-refractivity contribution in [3.63, 3.8) is 0 Å². The fourth-order valence-corrected chi connectivity index (χ4v) is 1.92. The maximum Gasteiger partial charge on any atom is 0.211 e. The molecular weight excluding hydrogens is 252 g/mol. The molecule has 3 aromatic rings. The third-order valence-corrected chi connectivity index (χ3v) is 3.21. The second-order valence-corrected chi connectivity index (χ2v) is 4.58. The zero-order valence-electron chi connectivity index (χ0n) is 11.4. The number of nitrogens with zero attached hydrogens (tertiary/aromatic N) is 3. The van der Waals surface area contributed by atoms with Gasteiger partial charge < -0.3 is 9.73 Å². The lowest BCUT2D eigenvalue weighted by Gasteiger charge is -2.03. The predicted molar refractivity (Wildman–Crippen MR) is 76.5 cm³/mol. The second-order valence-electron chi connectivity index (χ2n) is 4.58. The Kier molecular flexibility index (Phi) is 3.35. The first-order valence-corrected chi connectivity index (χ1v) is 6.51. The molecule has 0 aliphatic carbocycles. The van der Waals surface area contributed by atoms with Crippen LogP contribution in [0.3, 0.4) is 0 Å². The third-order valence-electron chi connectivity index (χ3n) is 3.21. The van der Waals surface area contributed by atoms with Crippen LogP contribution in [0.2, 0.25) is 0 Å². The third kappa shape index (κ3) is 2.35. The van der Waals surface area contributed by atoms with Crippen LogP contribution in [0.15, 0.2) is 53.3 Å². The Morgan fingerprint density at radius 1 is 1.20 bits per heavy atom. The summed E-state index contributed by atoms with van der Waals surface area (Å²) in [5, 5.41) is 7.45. The van der Waals surface area contributed by atoms with Gasteiger partial charge in [-0.25, -0.2) is 9.67 Å². The van der Waals surface area contributed by atoms with E-state index in [4.69, 9.17) is 4.42 Å². The molecule has 0 saturated heterocycles. The summed E-state index contributed by atoms with van der Waals surface area (Å²) in [5.41, 5.74) is 1.93. The van der Waals surface area contributed by atoms with E-state index in [1.165, 1.54) is 0 Å². The lowest BCUT2D eigenvalue weighted by molar-refractivity contribution is 0.441. The molecule has 0 saturated carbocycles. The molecule has 0 radical (unpaired) electrons. The molecule has 102 valence electrons. The van der Waals surface area contributed by atoms with Gasteiger partial charge in [0, 0.05) is 6.20 Å². The number of benzene rings is 1. The molecular formula is C15H16N4O. The molecule has 2 heterocycles. The van der Waals surface area contributed by atoms with Gasteiger partial charge in [-0.05, 0) is 26.1 Å². The topological polar surface area (TPSA) is 55.9 Å². The molecule has 1 aromatic carbocycles. The van der Waals surface area contributed by atoms with Gasteiger partial charge in [0.1, 0.15) is 0 Å². The van der Waals surface area contributed by atoms with Gasteiger partial charge in [-0.1, -0.05) is 18.2 Å². The maximum atomic E-state index is 5.74. The Hall–Kier alpha value is -2.40. The SMILES string of the molecule is CNC(C)c1ncc(-c2cnn(-c3ccccc3)c2)o1. The number of hydrogen-bond donors (Lipinski definition) is 1. The molecule has 0 fully saturated rings. The van der Waals surface area contributed by atoms with Crippen LogP contribution in [0, 0.1) is 0 Å². The van der Waals surface area contributed by atoms with E-state index in [1.807, 2.05) is 55.2 Å². The molecule has 0 aliphatic heterocycles. The van der Waals surface area contributed by atoms with E-state index in [1.54, 1.807) is 12.4 Å². The van der Waals surface area contributed by atoms with Gasteiger partial charge in [-0.2, -0.15) is 5.10 Å². The first-order chi connectivity index (χ1) is 9.78. The lowest BCUT2D eigenvalue weighted by atomic mass is 10.3. The Balaban J connectivity index is 1.89. The van der Waals surface area contributed by atoms with Crippen LogP contribution in [0.25, 0.3) is 17.0 Å². The van der Waals surface area contributed by atoms with Gasteiger partial charge in [0.2, 0.25) is 5.89 Å². The fraction of sp³-hybridized carbons (Fsp3) is 0.200. The molecule has 5 nitrogen and oxygen atoms in total. The van der Waals surface area contributed by atoms with E-state index in [0.29, 0.717) is 5.89 Å². The summed E-state index contributed by atoms with van der Waals surface area (Å²) in [5.74, 6) is 1.40. The standard InChI is InChI=1S/C15H16N4O/c1-11(16-2)15-17-9-14(20-15)12-8-18-19(10-12)13-6-4-3-5-7-13/h3-11,16H,1-2H3. The zero-order valence-corrected chi connectivity index (χ0v) is 11.4. The van der Waals surface area contributed by atoms with Crippen LogP contribution in [-0.4, -0.2) is 21.8 Å². The van der Waals surface area contributed by atoms with Crippen molar-refractivity contribution < 1.29 is 4.42 Å². The molecule has 5 heteroatoms. The monoisotopic (exact) mass is 268 g/mol. The fourth-order valence-electron chi connectivity index (χ4n) is 1.92. The van der Waals surface area contributed by atoms with Gasteiger partial charge in [0.25, 0.3) is 0 Å². The van der Waals surface area contributed by atoms with E-state index < -0.39 is 0 Å². The number of para-hydroxylation sites is 1. The number of aromatic nitrogens is 3.